The van der Waals surface area contributed by atoms with Crippen molar-refractivity contribution >= 4 is 16.9 Å². The number of anilines is 1. The Labute approximate surface area is 145 Å². The summed E-state index contributed by atoms with van der Waals surface area (Å²) in [6.07, 6.45) is 2.68. The second-order valence-corrected chi connectivity index (χ2v) is 5.77. The normalized spacial score (nSPS) is 13.2. The second-order valence-electron chi connectivity index (χ2n) is 5.77. The van der Waals surface area contributed by atoms with Crippen molar-refractivity contribution < 1.29 is 14.2 Å². The van der Waals surface area contributed by atoms with Gasteiger partial charge in [0.15, 0.2) is 17.3 Å². The minimum atomic E-state index is 0.566. The summed E-state index contributed by atoms with van der Waals surface area (Å²) < 4.78 is 16.3. The summed E-state index contributed by atoms with van der Waals surface area (Å²) >= 11 is 0. The van der Waals surface area contributed by atoms with E-state index in [2.05, 4.69) is 15.3 Å². The zero-order chi connectivity index (χ0) is 17.1. The van der Waals surface area contributed by atoms with Crippen molar-refractivity contribution in [1.29, 1.82) is 0 Å². The van der Waals surface area contributed by atoms with Crippen molar-refractivity contribution in [1.82, 2.24) is 15.0 Å². The number of aromatic nitrogens is 3. The Morgan fingerprint density at radius 1 is 1.20 bits per heavy atom. The Hall–Kier alpha value is -2.80. The van der Waals surface area contributed by atoms with Crippen LogP contribution in [0.15, 0.2) is 30.5 Å². The van der Waals surface area contributed by atoms with Crippen LogP contribution in [0.4, 0.5) is 5.82 Å². The quantitative estimate of drug-likeness (QED) is 0.672. The van der Waals surface area contributed by atoms with E-state index in [9.17, 15) is 0 Å². The highest BCUT2D eigenvalue weighted by molar-refractivity contribution is 5.88. The van der Waals surface area contributed by atoms with Crippen LogP contribution >= 0.6 is 0 Å². The maximum Gasteiger partial charge on any atom is 0.162 e. The molecule has 1 aliphatic heterocycles. The number of methoxy groups -OCH3 is 1. The van der Waals surface area contributed by atoms with E-state index in [0.717, 1.165) is 52.7 Å². The van der Waals surface area contributed by atoms with E-state index in [0.29, 0.717) is 19.8 Å². The number of aromatic amines is 1. The molecule has 3 heterocycles. The number of nitrogens with one attached hydrogen (secondary N) is 2. The van der Waals surface area contributed by atoms with Crippen LogP contribution in [-0.2, 0) is 4.74 Å². The van der Waals surface area contributed by atoms with E-state index in [1.165, 1.54) is 0 Å². The van der Waals surface area contributed by atoms with Gasteiger partial charge in [-0.1, -0.05) is 0 Å². The largest absolute Gasteiger partial charge is 0.486 e. The lowest BCUT2D eigenvalue weighted by atomic mass is 10.2. The standard InChI is InChI=1S/C18H20N4O3/c1-23-8-2-6-19-18-16-13(5-7-20-18)21-17(22-16)12-3-4-14-15(11-12)25-10-9-24-14/h3-5,7,11H,2,6,8-10H2,1H3,(H,19,20)(H,21,22). The van der Waals surface area contributed by atoms with Crippen LogP contribution < -0.4 is 14.8 Å². The lowest BCUT2D eigenvalue weighted by Gasteiger charge is -2.18. The maximum atomic E-state index is 5.66. The van der Waals surface area contributed by atoms with Crippen LogP contribution in [0.25, 0.3) is 22.4 Å². The molecule has 0 atom stereocenters. The number of pyridine rings is 1. The summed E-state index contributed by atoms with van der Waals surface area (Å²) in [5.41, 5.74) is 2.71. The third kappa shape index (κ3) is 3.23. The van der Waals surface area contributed by atoms with Crippen molar-refractivity contribution in [3.63, 3.8) is 0 Å². The number of benzene rings is 1. The molecule has 1 aromatic carbocycles. The van der Waals surface area contributed by atoms with E-state index < -0.39 is 0 Å². The summed E-state index contributed by atoms with van der Waals surface area (Å²) in [4.78, 5) is 12.5. The summed E-state index contributed by atoms with van der Waals surface area (Å²) in [5.74, 6) is 3.07. The molecule has 0 spiro atoms. The fraction of sp³-hybridized carbons (Fsp3) is 0.333. The third-order valence-electron chi connectivity index (χ3n) is 4.03. The Kier molecular flexibility index (Phi) is 4.39. The highest BCUT2D eigenvalue weighted by atomic mass is 16.6. The molecule has 2 N–H and O–H groups in total. The molecule has 25 heavy (non-hydrogen) atoms. The van der Waals surface area contributed by atoms with Crippen LogP contribution in [0.2, 0.25) is 0 Å². The smallest absolute Gasteiger partial charge is 0.162 e. The molecule has 3 aromatic rings. The molecule has 0 aliphatic carbocycles. The van der Waals surface area contributed by atoms with Gasteiger partial charge in [-0.15, -0.1) is 0 Å². The van der Waals surface area contributed by atoms with Crippen LogP contribution in [0.3, 0.4) is 0 Å². The molecule has 0 saturated heterocycles. The highest BCUT2D eigenvalue weighted by Crippen LogP contribution is 2.34. The van der Waals surface area contributed by atoms with Gasteiger partial charge in [0.1, 0.15) is 24.6 Å². The van der Waals surface area contributed by atoms with E-state index in [-0.39, 0.29) is 0 Å². The lowest BCUT2D eigenvalue weighted by molar-refractivity contribution is 0.171. The van der Waals surface area contributed by atoms with Gasteiger partial charge in [-0.3, -0.25) is 0 Å². The molecule has 0 unspecified atom stereocenters. The SMILES string of the molecule is COCCCNc1nccc2[nH]c(-c3ccc4c(c3)OCCO4)nc12. The first kappa shape index (κ1) is 15.7. The lowest BCUT2D eigenvalue weighted by Crippen LogP contribution is -2.15. The van der Waals surface area contributed by atoms with Crippen molar-refractivity contribution in [2.45, 2.75) is 6.42 Å². The molecule has 0 radical (unpaired) electrons. The van der Waals surface area contributed by atoms with Crippen LogP contribution in [0.5, 0.6) is 11.5 Å². The molecular weight excluding hydrogens is 320 g/mol. The van der Waals surface area contributed by atoms with E-state index in [4.69, 9.17) is 19.2 Å². The minimum Gasteiger partial charge on any atom is -0.486 e. The first-order valence-corrected chi connectivity index (χ1v) is 8.33. The Morgan fingerprint density at radius 3 is 2.96 bits per heavy atom. The molecule has 0 amide bonds. The Bertz CT molecular complexity index is 878. The number of hydrogen-bond acceptors (Lipinski definition) is 6. The van der Waals surface area contributed by atoms with Gasteiger partial charge in [0.05, 0.1) is 5.52 Å². The van der Waals surface area contributed by atoms with Crippen LogP contribution in [0, 0.1) is 0 Å². The highest BCUT2D eigenvalue weighted by Gasteiger charge is 2.15. The fourth-order valence-corrected chi connectivity index (χ4v) is 2.82. The van der Waals surface area contributed by atoms with E-state index >= 15 is 0 Å². The molecule has 130 valence electrons. The molecule has 1 aliphatic rings. The van der Waals surface area contributed by atoms with Crippen molar-refractivity contribution in [3.05, 3.63) is 30.5 Å². The molecule has 2 aromatic heterocycles. The molecule has 0 saturated carbocycles. The topological polar surface area (TPSA) is 81.3 Å². The Balaban J connectivity index is 1.62. The van der Waals surface area contributed by atoms with Crippen molar-refractivity contribution in [2.24, 2.45) is 0 Å². The average molecular weight is 340 g/mol. The fourth-order valence-electron chi connectivity index (χ4n) is 2.82. The van der Waals surface area contributed by atoms with Gasteiger partial charge in [-0.05, 0) is 30.7 Å². The zero-order valence-corrected chi connectivity index (χ0v) is 14.0. The van der Waals surface area contributed by atoms with Gasteiger partial charge < -0.3 is 24.5 Å². The average Bonchev–Trinajstić information content (AvgIpc) is 3.10. The predicted molar refractivity (Wildman–Crippen MR) is 95.3 cm³/mol. The van der Waals surface area contributed by atoms with E-state index in [1.807, 2.05) is 24.3 Å². The summed E-state index contributed by atoms with van der Waals surface area (Å²) in [6, 6.07) is 7.76. The van der Waals surface area contributed by atoms with Gasteiger partial charge in [0.2, 0.25) is 0 Å². The predicted octanol–water partition coefficient (Wildman–Crippen LogP) is 2.84. The minimum absolute atomic E-state index is 0.566. The monoisotopic (exact) mass is 340 g/mol. The Morgan fingerprint density at radius 2 is 2.08 bits per heavy atom. The number of nitrogens with zero attached hydrogens (tertiary/aromatic N) is 2. The summed E-state index contributed by atoms with van der Waals surface area (Å²) in [7, 11) is 1.70. The second kappa shape index (κ2) is 6.98. The van der Waals surface area contributed by atoms with Gasteiger partial charge in [-0.2, -0.15) is 0 Å². The van der Waals surface area contributed by atoms with Crippen molar-refractivity contribution in [3.8, 4) is 22.9 Å². The molecular formula is C18H20N4O3. The number of rotatable bonds is 6. The first-order chi connectivity index (χ1) is 12.3. The molecule has 0 bridgehead atoms. The third-order valence-corrected chi connectivity index (χ3v) is 4.03. The molecule has 0 fully saturated rings. The van der Waals surface area contributed by atoms with Crippen LogP contribution in [0.1, 0.15) is 6.42 Å². The molecule has 7 heteroatoms. The zero-order valence-electron chi connectivity index (χ0n) is 14.0. The number of fused-ring (bicyclic) bond motifs is 2. The van der Waals surface area contributed by atoms with Gasteiger partial charge >= 0.3 is 0 Å². The molecule has 7 nitrogen and oxygen atoms in total. The number of ether oxygens (including phenoxy) is 3. The molecule has 4 rings (SSSR count). The summed E-state index contributed by atoms with van der Waals surface area (Å²) in [6.45, 7) is 2.65. The number of imidazole rings is 1. The van der Waals surface area contributed by atoms with Gasteiger partial charge in [0, 0.05) is 32.0 Å². The number of hydrogen-bond donors (Lipinski definition) is 2. The van der Waals surface area contributed by atoms with Crippen molar-refractivity contribution in [2.75, 3.05) is 38.8 Å². The van der Waals surface area contributed by atoms with Gasteiger partial charge in [-0.25, -0.2) is 9.97 Å². The number of H-pyrrole nitrogens is 1. The van der Waals surface area contributed by atoms with Crippen LogP contribution in [-0.4, -0.2) is 48.4 Å². The van der Waals surface area contributed by atoms with E-state index in [1.54, 1.807) is 13.3 Å². The maximum absolute atomic E-state index is 5.66. The van der Waals surface area contributed by atoms with Gasteiger partial charge in [0.25, 0.3) is 0 Å². The summed E-state index contributed by atoms with van der Waals surface area (Å²) in [5, 5.41) is 3.32. The first-order valence-electron chi connectivity index (χ1n) is 8.33.